The summed E-state index contributed by atoms with van der Waals surface area (Å²) in [4.78, 5) is 21.3. The molecule has 1 amide bonds. The third-order valence-corrected chi connectivity index (χ3v) is 4.15. The lowest BCUT2D eigenvalue weighted by molar-refractivity contribution is 0.0696. The number of carbonyl (C=O) groups is 2. The number of phenols is 1. The summed E-state index contributed by atoms with van der Waals surface area (Å²) in [5.41, 5.74) is 0.398. The highest BCUT2D eigenvalue weighted by atomic mass is 32.2. The molecule has 2 aromatic carbocycles. The Morgan fingerprint density at radius 2 is 1.59 bits per heavy atom. The molecule has 0 spiro atoms. The zero-order valence-corrected chi connectivity index (χ0v) is 11.9. The highest BCUT2D eigenvalue weighted by Gasteiger charge is 2.31. The molecule has 7 nitrogen and oxygen atoms in total. The second kappa shape index (κ2) is 5.86. The lowest BCUT2D eigenvalue weighted by atomic mass is 10.2. The highest BCUT2D eigenvalue weighted by Crippen LogP contribution is 2.20. The average Bonchev–Trinajstić information content (AvgIpc) is 2.71. The maximum atomic E-state index is 11.1. The summed E-state index contributed by atoms with van der Waals surface area (Å²) in [5.74, 6) is -1.46. The number of sulfonamides is 1. The molecule has 0 aliphatic carbocycles. The number of aromatic carboxylic acids is 1. The van der Waals surface area contributed by atoms with Crippen molar-refractivity contribution in [1.82, 2.24) is 4.72 Å². The third kappa shape index (κ3) is 3.23. The Hall–Kier alpha value is -2.87. The number of rotatable bonds is 1. The van der Waals surface area contributed by atoms with Crippen LogP contribution in [0.2, 0.25) is 0 Å². The summed E-state index contributed by atoms with van der Waals surface area (Å²) in [6.07, 6.45) is 0. The molecule has 3 rings (SSSR count). The summed E-state index contributed by atoms with van der Waals surface area (Å²) >= 11 is 0. The summed E-state index contributed by atoms with van der Waals surface area (Å²) in [6.45, 7) is 0. The normalized spacial score (nSPS) is 14.3. The molecule has 0 bridgehead atoms. The first-order valence-corrected chi connectivity index (χ1v) is 7.48. The number of hydrogen-bond acceptors (Lipinski definition) is 5. The number of carbonyl (C=O) groups excluding carboxylic acids is 1. The molecule has 0 fully saturated rings. The molecule has 22 heavy (non-hydrogen) atoms. The molecule has 3 N–H and O–H groups in total. The number of fused-ring (bicyclic) bond motifs is 1. The summed E-state index contributed by atoms with van der Waals surface area (Å²) in [5, 5.41) is 17.1. The predicted molar refractivity (Wildman–Crippen MR) is 76.2 cm³/mol. The fraction of sp³-hybridized carbons (Fsp3) is 0. The van der Waals surface area contributed by atoms with Crippen molar-refractivity contribution in [3.63, 3.8) is 0 Å². The van der Waals surface area contributed by atoms with Crippen LogP contribution in [0.15, 0.2) is 53.4 Å². The molecule has 2 aromatic rings. The van der Waals surface area contributed by atoms with E-state index in [1.54, 1.807) is 12.1 Å². The van der Waals surface area contributed by atoms with Gasteiger partial charge in [-0.2, -0.15) is 0 Å². The van der Waals surface area contributed by atoms with E-state index < -0.39 is 21.9 Å². The summed E-state index contributed by atoms with van der Waals surface area (Å²) in [7, 11) is -3.55. The number of amides is 1. The number of aromatic hydroxyl groups is 1. The topological polar surface area (TPSA) is 121 Å². The summed E-state index contributed by atoms with van der Waals surface area (Å²) in [6, 6.07) is 11.5. The molecule has 0 saturated heterocycles. The largest absolute Gasteiger partial charge is 0.508 e. The van der Waals surface area contributed by atoms with Crippen LogP contribution in [0, 0.1) is 0 Å². The van der Waals surface area contributed by atoms with Gasteiger partial charge in [0.05, 0.1) is 11.1 Å². The van der Waals surface area contributed by atoms with Gasteiger partial charge >= 0.3 is 5.97 Å². The van der Waals surface area contributed by atoms with Crippen LogP contribution >= 0.6 is 0 Å². The van der Waals surface area contributed by atoms with E-state index in [1.165, 1.54) is 36.4 Å². The van der Waals surface area contributed by atoms with E-state index in [-0.39, 0.29) is 21.8 Å². The van der Waals surface area contributed by atoms with Crippen molar-refractivity contribution in [3.8, 4) is 5.75 Å². The van der Waals surface area contributed by atoms with Gasteiger partial charge in [0.2, 0.25) is 0 Å². The molecule has 0 atom stereocenters. The maximum Gasteiger partial charge on any atom is 0.335 e. The van der Waals surface area contributed by atoms with E-state index in [4.69, 9.17) is 10.2 Å². The Labute approximate surface area is 125 Å². The van der Waals surface area contributed by atoms with Gasteiger partial charge in [-0.05, 0) is 36.4 Å². The minimum absolute atomic E-state index is 0.0648. The first-order valence-electron chi connectivity index (χ1n) is 6.00. The van der Waals surface area contributed by atoms with Gasteiger partial charge in [0.1, 0.15) is 10.6 Å². The van der Waals surface area contributed by atoms with Crippen molar-refractivity contribution in [2.24, 2.45) is 0 Å². The standard InChI is InChI=1S/C7H5NO3S.C7H6O3/c9-7-5-3-1-2-4-6(5)12(10,11)8-7;8-6-3-1-5(2-4-6)7(9)10/h1-4H,(H,8,9);1-4,8H,(H,9,10). The van der Waals surface area contributed by atoms with Gasteiger partial charge < -0.3 is 10.2 Å². The fourth-order valence-electron chi connectivity index (χ4n) is 1.72. The molecule has 1 aliphatic heterocycles. The molecular weight excluding hydrogens is 310 g/mol. The minimum atomic E-state index is -3.55. The second-order valence-electron chi connectivity index (χ2n) is 4.28. The van der Waals surface area contributed by atoms with Crippen LogP contribution in [0.4, 0.5) is 0 Å². The number of benzene rings is 2. The van der Waals surface area contributed by atoms with Gasteiger partial charge in [0, 0.05) is 0 Å². The quantitative estimate of drug-likeness (QED) is 0.726. The molecule has 0 aromatic heterocycles. The SMILES string of the molecule is O=C(O)c1ccc(O)cc1.O=C1NS(=O)(=O)c2ccccc21. The zero-order valence-electron chi connectivity index (χ0n) is 11.1. The number of carboxylic acid groups (broad SMARTS) is 1. The molecule has 0 saturated carbocycles. The molecule has 8 heteroatoms. The first kappa shape index (κ1) is 15.5. The highest BCUT2D eigenvalue weighted by molar-refractivity contribution is 7.90. The number of hydrogen-bond donors (Lipinski definition) is 3. The lowest BCUT2D eigenvalue weighted by Gasteiger charge is -1.92. The average molecular weight is 321 g/mol. The minimum Gasteiger partial charge on any atom is -0.508 e. The Balaban J connectivity index is 0.000000164. The number of nitrogens with one attached hydrogen (secondary N) is 1. The van der Waals surface area contributed by atoms with Gasteiger partial charge in [-0.15, -0.1) is 0 Å². The Morgan fingerprint density at radius 1 is 1.00 bits per heavy atom. The molecule has 114 valence electrons. The third-order valence-electron chi connectivity index (χ3n) is 2.76. The van der Waals surface area contributed by atoms with E-state index in [2.05, 4.69) is 0 Å². The first-order chi connectivity index (χ1) is 10.3. The number of phenolic OH excluding ortho intramolecular Hbond substituents is 1. The van der Waals surface area contributed by atoms with Gasteiger partial charge in [0.25, 0.3) is 15.9 Å². The second-order valence-corrected chi connectivity index (χ2v) is 5.93. The smallest absolute Gasteiger partial charge is 0.335 e. The summed E-state index contributed by atoms with van der Waals surface area (Å²) < 4.78 is 24.2. The van der Waals surface area contributed by atoms with E-state index in [1.807, 2.05) is 4.72 Å². The monoisotopic (exact) mass is 321 g/mol. The predicted octanol–water partition coefficient (Wildman–Crippen LogP) is 1.21. The van der Waals surface area contributed by atoms with E-state index >= 15 is 0 Å². The van der Waals surface area contributed by atoms with Crippen molar-refractivity contribution in [2.45, 2.75) is 4.90 Å². The zero-order chi connectivity index (χ0) is 16.3. The lowest BCUT2D eigenvalue weighted by Crippen LogP contribution is -2.20. The van der Waals surface area contributed by atoms with Crippen molar-refractivity contribution in [2.75, 3.05) is 0 Å². The van der Waals surface area contributed by atoms with Crippen molar-refractivity contribution in [1.29, 1.82) is 0 Å². The van der Waals surface area contributed by atoms with E-state index in [0.29, 0.717) is 0 Å². The maximum absolute atomic E-state index is 11.1. The molecule has 1 aliphatic rings. The fourth-order valence-corrected chi connectivity index (χ4v) is 2.90. The van der Waals surface area contributed by atoms with Crippen LogP contribution in [-0.4, -0.2) is 30.5 Å². The van der Waals surface area contributed by atoms with Crippen LogP contribution < -0.4 is 4.72 Å². The molecule has 0 unspecified atom stereocenters. The van der Waals surface area contributed by atoms with Crippen molar-refractivity contribution >= 4 is 21.9 Å². The molecule has 1 heterocycles. The van der Waals surface area contributed by atoms with Gasteiger partial charge in [-0.1, -0.05) is 12.1 Å². The van der Waals surface area contributed by atoms with Gasteiger partial charge in [-0.25, -0.2) is 17.9 Å². The van der Waals surface area contributed by atoms with E-state index in [9.17, 15) is 18.0 Å². The van der Waals surface area contributed by atoms with Crippen LogP contribution in [0.3, 0.4) is 0 Å². The van der Waals surface area contributed by atoms with Crippen LogP contribution in [-0.2, 0) is 10.0 Å². The van der Waals surface area contributed by atoms with Crippen molar-refractivity contribution in [3.05, 3.63) is 59.7 Å². The molecular formula is C14H11NO6S. The van der Waals surface area contributed by atoms with Crippen LogP contribution in [0.1, 0.15) is 20.7 Å². The van der Waals surface area contributed by atoms with Gasteiger partial charge in [0.15, 0.2) is 0 Å². The Kier molecular flexibility index (Phi) is 4.13. The van der Waals surface area contributed by atoms with Crippen LogP contribution in [0.25, 0.3) is 0 Å². The van der Waals surface area contributed by atoms with Gasteiger partial charge in [-0.3, -0.25) is 4.79 Å². The Bertz CT molecular complexity index is 827. The Morgan fingerprint density at radius 3 is 2.14 bits per heavy atom. The van der Waals surface area contributed by atoms with Crippen molar-refractivity contribution < 1.29 is 28.2 Å². The molecule has 0 radical (unpaired) electrons. The number of carboxylic acids is 1. The van der Waals surface area contributed by atoms with E-state index in [0.717, 1.165) is 0 Å². The van der Waals surface area contributed by atoms with Crippen LogP contribution in [0.5, 0.6) is 5.75 Å².